The second-order valence-corrected chi connectivity index (χ2v) is 15.6. The first-order chi connectivity index (χ1) is 27.7. The molecule has 0 atom stereocenters. The van der Waals surface area contributed by atoms with Gasteiger partial charge in [-0.25, -0.2) is 15.0 Å². The molecule has 0 amide bonds. The van der Waals surface area contributed by atoms with Crippen LogP contribution in [0.25, 0.3) is 78.7 Å². The molecule has 9 rings (SSSR count). The topological polar surface area (TPSA) is 57.1 Å². The minimum absolute atomic E-state index is 0.392. The number of hydrogen-bond donors (Lipinski definition) is 0. The number of benzene rings is 7. The summed E-state index contributed by atoms with van der Waals surface area (Å²) in [4.78, 5) is 15.2. The molecular formula is C51H42BN3O2. The first-order valence-electron chi connectivity index (χ1n) is 19.4. The average Bonchev–Trinajstić information content (AvgIpc) is 3.50. The van der Waals surface area contributed by atoms with Crippen LogP contribution in [0.4, 0.5) is 0 Å². The average molecular weight is 740 g/mol. The van der Waals surface area contributed by atoms with Crippen LogP contribution in [0, 0.1) is 0 Å². The van der Waals surface area contributed by atoms with E-state index in [2.05, 4.69) is 198 Å². The number of hydrogen-bond acceptors (Lipinski definition) is 5. The van der Waals surface area contributed by atoms with Gasteiger partial charge in [-0.1, -0.05) is 176 Å². The Morgan fingerprint density at radius 1 is 0.316 bits per heavy atom. The molecule has 7 aromatic carbocycles. The summed E-state index contributed by atoms with van der Waals surface area (Å²) < 4.78 is 12.7. The maximum Gasteiger partial charge on any atom is 0.494 e. The Morgan fingerprint density at radius 3 is 1.09 bits per heavy atom. The fourth-order valence-electron chi connectivity index (χ4n) is 7.18. The van der Waals surface area contributed by atoms with Crippen LogP contribution < -0.4 is 5.46 Å². The summed E-state index contributed by atoms with van der Waals surface area (Å²) in [5.41, 5.74) is 12.0. The van der Waals surface area contributed by atoms with Crippen molar-refractivity contribution in [3.05, 3.63) is 182 Å². The van der Waals surface area contributed by atoms with Crippen molar-refractivity contribution in [1.29, 1.82) is 0 Å². The second-order valence-electron chi connectivity index (χ2n) is 15.6. The minimum Gasteiger partial charge on any atom is -0.399 e. The zero-order valence-electron chi connectivity index (χ0n) is 32.6. The predicted octanol–water partition coefficient (Wildman–Crippen LogP) is 11.8. The SMILES string of the molecule is CC1(C)OB(c2cccc(-c3ccc(-c4cccc(-c5nc(-c6ccc(-c7ccccc7)cc6)nc(-c6ccc(-c7ccccc7)cc6)n5)c4)cc3)c2)OC1(C)C. The van der Waals surface area contributed by atoms with Crippen molar-refractivity contribution in [2.24, 2.45) is 0 Å². The summed E-state index contributed by atoms with van der Waals surface area (Å²) in [6.45, 7) is 8.33. The van der Waals surface area contributed by atoms with Gasteiger partial charge < -0.3 is 9.31 Å². The van der Waals surface area contributed by atoms with E-state index >= 15 is 0 Å². The van der Waals surface area contributed by atoms with Crippen molar-refractivity contribution >= 4 is 12.6 Å². The molecule has 1 aliphatic rings. The third kappa shape index (κ3) is 7.45. The lowest BCUT2D eigenvalue weighted by Gasteiger charge is -2.32. The maximum atomic E-state index is 6.34. The highest BCUT2D eigenvalue weighted by Crippen LogP contribution is 2.37. The molecule has 5 nitrogen and oxygen atoms in total. The van der Waals surface area contributed by atoms with E-state index in [0.29, 0.717) is 17.5 Å². The molecule has 8 aromatic rings. The molecule has 1 fully saturated rings. The van der Waals surface area contributed by atoms with Crippen LogP contribution in [0.1, 0.15) is 27.7 Å². The molecule has 2 heterocycles. The second kappa shape index (κ2) is 14.9. The molecule has 1 aliphatic heterocycles. The Morgan fingerprint density at radius 2 is 0.632 bits per heavy atom. The van der Waals surface area contributed by atoms with Crippen molar-refractivity contribution in [1.82, 2.24) is 15.0 Å². The standard InChI is InChI=1S/C51H42BN3O2/c1-50(2)51(3,4)57-52(56-50)46-20-12-18-44(34-46)40-23-21-39(22-24-40)43-17-11-19-45(33-43)49-54-47(41-29-25-37(26-30-41)35-13-7-5-8-14-35)53-48(55-49)42-31-27-38(28-32-42)36-15-9-6-10-16-36/h5-34H,1-4H3. The fourth-order valence-corrected chi connectivity index (χ4v) is 7.18. The van der Waals surface area contributed by atoms with Crippen LogP contribution in [0.3, 0.4) is 0 Å². The molecule has 0 radical (unpaired) electrons. The van der Waals surface area contributed by atoms with Crippen LogP contribution in [0.5, 0.6) is 0 Å². The molecule has 1 aromatic heterocycles. The van der Waals surface area contributed by atoms with E-state index in [1.54, 1.807) is 0 Å². The molecule has 0 saturated carbocycles. The molecule has 0 N–H and O–H groups in total. The highest BCUT2D eigenvalue weighted by atomic mass is 16.7. The summed E-state index contributed by atoms with van der Waals surface area (Å²) in [6, 6.07) is 63.2. The van der Waals surface area contributed by atoms with E-state index in [0.717, 1.165) is 55.5 Å². The first kappa shape index (κ1) is 36.2. The van der Waals surface area contributed by atoms with E-state index in [1.807, 2.05) is 12.1 Å². The van der Waals surface area contributed by atoms with Gasteiger partial charge in [0.2, 0.25) is 0 Å². The fraction of sp³-hybridized carbons (Fsp3) is 0.118. The Balaban J connectivity index is 1.04. The lowest BCUT2D eigenvalue weighted by molar-refractivity contribution is 0.00578. The van der Waals surface area contributed by atoms with Crippen LogP contribution in [0.2, 0.25) is 0 Å². The summed E-state index contributed by atoms with van der Waals surface area (Å²) in [7, 11) is -0.407. The highest BCUT2D eigenvalue weighted by Gasteiger charge is 2.51. The van der Waals surface area contributed by atoms with Crippen molar-refractivity contribution in [3.8, 4) is 78.7 Å². The van der Waals surface area contributed by atoms with E-state index in [9.17, 15) is 0 Å². The Hall–Kier alpha value is -6.47. The monoisotopic (exact) mass is 739 g/mol. The Labute approximate surface area is 335 Å². The van der Waals surface area contributed by atoms with E-state index in [1.165, 1.54) is 11.1 Å². The van der Waals surface area contributed by atoms with Gasteiger partial charge in [0.1, 0.15) is 0 Å². The van der Waals surface area contributed by atoms with E-state index in [-0.39, 0.29) is 0 Å². The summed E-state index contributed by atoms with van der Waals surface area (Å²) >= 11 is 0. The van der Waals surface area contributed by atoms with Gasteiger partial charge in [-0.05, 0) is 83.7 Å². The number of nitrogens with zero attached hydrogens (tertiary/aromatic N) is 3. The third-order valence-electron chi connectivity index (χ3n) is 11.2. The van der Waals surface area contributed by atoms with E-state index in [4.69, 9.17) is 24.3 Å². The summed E-state index contributed by atoms with van der Waals surface area (Å²) in [6.07, 6.45) is 0. The minimum atomic E-state index is -0.407. The quantitative estimate of drug-likeness (QED) is 0.145. The van der Waals surface area contributed by atoms with Crippen LogP contribution in [-0.4, -0.2) is 33.3 Å². The third-order valence-corrected chi connectivity index (χ3v) is 11.2. The molecule has 57 heavy (non-hydrogen) atoms. The van der Waals surface area contributed by atoms with Gasteiger partial charge in [0.25, 0.3) is 0 Å². The van der Waals surface area contributed by atoms with Crippen molar-refractivity contribution < 1.29 is 9.31 Å². The van der Waals surface area contributed by atoms with E-state index < -0.39 is 18.3 Å². The molecule has 1 saturated heterocycles. The number of aromatic nitrogens is 3. The molecular weight excluding hydrogens is 697 g/mol. The van der Waals surface area contributed by atoms with Crippen molar-refractivity contribution in [2.45, 2.75) is 38.9 Å². The highest BCUT2D eigenvalue weighted by molar-refractivity contribution is 6.62. The summed E-state index contributed by atoms with van der Waals surface area (Å²) in [5, 5.41) is 0. The van der Waals surface area contributed by atoms with Gasteiger partial charge >= 0.3 is 7.12 Å². The Kier molecular flexibility index (Phi) is 9.45. The lowest BCUT2D eigenvalue weighted by atomic mass is 9.78. The van der Waals surface area contributed by atoms with Crippen LogP contribution in [0.15, 0.2) is 182 Å². The molecule has 6 heteroatoms. The smallest absolute Gasteiger partial charge is 0.399 e. The van der Waals surface area contributed by atoms with Gasteiger partial charge in [0.15, 0.2) is 17.5 Å². The zero-order chi connectivity index (χ0) is 39.0. The van der Waals surface area contributed by atoms with Gasteiger partial charge in [0.05, 0.1) is 11.2 Å². The van der Waals surface area contributed by atoms with Gasteiger partial charge in [0, 0.05) is 16.7 Å². The summed E-state index contributed by atoms with van der Waals surface area (Å²) in [5.74, 6) is 1.87. The number of rotatable bonds is 8. The molecule has 0 bridgehead atoms. The molecule has 0 aliphatic carbocycles. The van der Waals surface area contributed by atoms with Gasteiger partial charge in [-0.2, -0.15) is 0 Å². The van der Waals surface area contributed by atoms with Crippen LogP contribution in [-0.2, 0) is 9.31 Å². The lowest BCUT2D eigenvalue weighted by Crippen LogP contribution is -2.41. The van der Waals surface area contributed by atoms with Gasteiger partial charge in [-0.3, -0.25) is 0 Å². The Bertz CT molecular complexity index is 2540. The zero-order valence-corrected chi connectivity index (χ0v) is 32.6. The molecule has 0 spiro atoms. The first-order valence-corrected chi connectivity index (χ1v) is 19.4. The maximum absolute atomic E-state index is 6.34. The largest absolute Gasteiger partial charge is 0.494 e. The van der Waals surface area contributed by atoms with Crippen LogP contribution >= 0.6 is 0 Å². The van der Waals surface area contributed by atoms with Gasteiger partial charge in [-0.15, -0.1) is 0 Å². The normalized spacial score (nSPS) is 14.4. The van der Waals surface area contributed by atoms with Crippen molar-refractivity contribution in [2.75, 3.05) is 0 Å². The molecule has 0 unspecified atom stereocenters. The molecule has 276 valence electrons. The van der Waals surface area contributed by atoms with Crippen molar-refractivity contribution in [3.63, 3.8) is 0 Å². The predicted molar refractivity (Wildman–Crippen MR) is 234 cm³/mol.